The Morgan fingerprint density at radius 2 is 2.12 bits per heavy atom. The van der Waals surface area contributed by atoms with Crippen molar-refractivity contribution in [2.45, 2.75) is 44.8 Å². The third kappa shape index (κ3) is 5.09. The molecule has 1 amide bonds. The quantitative estimate of drug-likeness (QED) is 0.780. The van der Waals surface area contributed by atoms with Gasteiger partial charge in [0.05, 0.1) is 6.04 Å². The number of nitrogens with zero attached hydrogens (tertiary/aromatic N) is 4. The lowest BCUT2D eigenvalue weighted by Crippen LogP contribution is -2.49. The third-order valence-electron chi connectivity index (χ3n) is 4.55. The van der Waals surface area contributed by atoms with E-state index in [0.717, 1.165) is 44.3 Å². The van der Waals surface area contributed by atoms with Crippen LogP contribution in [0.4, 0.5) is 4.39 Å². The molecule has 0 aliphatic carbocycles. The number of likely N-dealkylation sites (tertiary alicyclic amines) is 1. The largest absolute Gasteiger partial charge is 0.355 e. The van der Waals surface area contributed by atoms with Crippen LogP contribution in [0.25, 0.3) is 0 Å². The Bertz CT molecular complexity index is 659. The molecule has 1 aliphatic rings. The van der Waals surface area contributed by atoms with Crippen molar-refractivity contribution in [2.24, 2.45) is 0 Å². The van der Waals surface area contributed by atoms with Crippen LogP contribution < -0.4 is 5.32 Å². The molecule has 1 aromatic heterocycles. The first-order valence-corrected chi connectivity index (χ1v) is 8.81. The molecule has 3 rings (SSSR count). The average molecular weight is 345 g/mol. The zero-order valence-corrected chi connectivity index (χ0v) is 14.3. The van der Waals surface area contributed by atoms with Gasteiger partial charge in [-0.15, -0.1) is 0 Å². The maximum atomic E-state index is 13.1. The molecule has 2 heterocycles. The van der Waals surface area contributed by atoms with Crippen molar-refractivity contribution in [3.05, 3.63) is 48.3 Å². The van der Waals surface area contributed by atoms with Crippen LogP contribution in [-0.4, -0.2) is 44.7 Å². The molecule has 7 heteroatoms. The summed E-state index contributed by atoms with van der Waals surface area (Å²) in [6.45, 7) is 2.94. The molecular formula is C18H24FN5O. The van der Waals surface area contributed by atoms with Crippen molar-refractivity contribution < 1.29 is 9.18 Å². The van der Waals surface area contributed by atoms with Crippen molar-refractivity contribution in [3.63, 3.8) is 0 Å². The van der Waals surface area contributed by atoms with Crippen LogP contribution in [0, 0.1) is 5.82 Å². The van der Waals surface area contributed by atoms with Crippen LogP contribution in [0.5, 0.6) is 0 Å². The second-order valence-electron chi connectivity index (χ2n) is 6.41. The molecule has 25 heavy (non-hydrogen) atoms. The van der Waals surface area contributed by atoms with Gasteiger partial charge in [-0.1, -0.05) is 18.6 Å². The highest BCUT2D eigenvalue weighted by Crippen LogP contribution is 2.20. The number of hydrogen-bond acceptors (Lipinski definition) is 4. The normalized spacial score (nSPS) is 18.2. The topological polar surface area (TPSA) is 63.1 Å². The van der Waals surface area contributed by atoms with Crippen molar-refractivity contribution in [3.8, 4) is 0 Å². The second kappa shape index (κ2) is 8.71. The summed E-state index contributed by atoms with van der Waals surface area (Å²) in [5.74, 6) is -0.149. The lowest BCUT2D eigenvalue weighted by atomic mass is 10.0. The van der Waals surface area contributed by atoms with E-state index in [-0.39, 0.29) is 17.8 Å². The predicted octanol–water partition coefficient (Wildman–Crippen LogP) is 1.98. The predicted molar refractivity (Wildman–Crippen MR) is 92.1 cm³/mol. The Labute approximate surface area is 147 Å². The van der Waals surface area contributed by atoms with E-state index in [1.165, 1.54) is 18.5 Å². The van der Waals surface area contributed by atoms with Gasteiger partial charge < -0.3 is 5.32 Å². The molecule has 0 saturated carbocycles. The highest BCUT2D eigenvalue weighted by molar-refractivity contribution is 5.81. The van der Waals surface area contributed by atoms with Crippen molar-refractivity contribution in [1.29, 1.82) is 0 Å². The Balaban J connectivity index is 1.49. The maximum Gasteiger partial charge on any atom is 0.237 e. The summed E-state index contributed by atoms with van der Waals surface area (Å²) < 4.78 is 14.8. The van der Waals surface area contributed by atoms with E-state index in [9.17, 15) is 9.18 Å². The van der Waals surface area contributed by atoms with Crippen LogP contribution in [0.1, 0.15) is 31.2 Å². The first kappa shape index (κ1) is 17.5. The second-order valence-corrected chi connectivity index (χ2v) is 6.41. The smallest absolute Gasteiger partial charge is 0.237 e. The number of halogens is 1. The van der Waals surface area contributed by atoms with E-state index in [2.05, 4.69) is 20.3 Å². The summed E-state index contributed by atoms with van der Waals surface area (Å²) in [5.41, 5.74) is 1.03. The van der Waals surface area contributed by atoms with E-state index in [1.807, 2.05) is 0 Å². The average Bonchev–Trinajstić information content (AvgIpc) is 3.14. The van der Waals surface area contributed by atoms with Crippen LogP contribution in [0.15, 0.2) is 36.9 Å². The zero-order valence-electron chi connectivity index (χ0n) is 14.3. The Morgan fingerprint density at radius 1 is 1.28 bits per heavy atom. The van der Waals surface area contributed by atoms with Gasteiger partial charge >= 0.3 is 0 Å². The SMILES string of the molecule is O=C(NCCCn1cncn1)C1CCCCN1Cc1ccc(F)cc1. The monoisotopic (exact) mass is 345 g/mol. The molecule has 1 atom stereocenters. The van der Waals surface area contributed by atoms with Crippen LogP contribution in [-0.2, 0) is 17.9 Å². The molecule has 0 bridgehead atoms. The van der Waals surface area contributed by atoms with Crippen LogP contribution in [0.2, 0.25) is 0 Å². The van der Waals surface area contributed by atoms with E-state index in [1.54, 1.807) is 23.1 Å². The number of carbonyl (C=O) groups excluding carboxylic acids is 1. The van der Waals surface area contributed by atoms with E-state index in [4.69, 9.17) is 0 Å². The number of benzene rings is 1. The number of aromatic nitrogens is 3. The number of rotatable bonds is 7. The van der Waals surface area contributed by atoms with Crippen LogP contribution >= 0.6 is 0 Å². The summed E-state index contributed by atoms with van der Waals surface area (Å²) in [5, 5.41) is 7.08. The summed E-state index contributed by atoms with van der Waals surface area (Å²) in [6, 6.07) is 6.41. The molecule has 134 valence electrons. The molecule has 6 nitrogen and oxygen atoms in total. The summed E-state index contributed by atoms with van der Waals surface area (Å²) >= 11 is 0. The summed E-state index contributed by atoms with van der Waals surface area (Å²) in [7, 11) is 0. The fourth-order valence-electron chi connectivity index (χ4n) is 3.22. The standard InChI is InChI=1S/C18H24FN5O/c19-16-7-5-15(6-8-16)12-23-10-2-1-4-17(23)18(25)21-9-3-11-24-14-20-13-22-24/h5-8,13-14,17H,1-4,9-12H2,(H,21,25). The zero-order chi connectivity index (χ0) is 17.5. The van der Waals surface area contributed by atoms with E-state index in [0.29, 0.717) is 13.1 Å². The third-order valence-corrected chi connectivity index (χ3v) is 4.55. The first-order valence-electron chi connectivity index (χ1n) is 8.81. The highest BCUT2D eigenvalue weighted by Gasteiger charge is 2.28. The molecule has 1 fully saturated rings. The Hall–Kier alpha value is -2.28. The van der Waals surface area contributed by atoms with Crippen molar-refractivity contribution in [2.75, 3.05) is 13.1 Å². The van der Waals surface area contributed by atoms with Crippen LogP contribution in [0.3, 0.4) is 0 Å². The van der Waals surface area contributed by atoms with Gasteiger partial charge in [0.2, 0.25) is 5.91 Å². The van der Waals surface area contributed by atoms with E-state index < -0.39 is 0 Å². The number of amides is 1. The minimum atomic E-state index is -0.232. The molecule has 0 radical (unpaired) electrons. The van der Waals surface area contributed by atoms with Gasteiger partial charge in [0, 0.05) is 19.6 Å². The van der Waals surface area contributed by atoms with E-state index >= 15 is 0 Å². The molecule has 1 aliphatic heterocycles. The lowest BCUT2D eigenvalue weighted by molar-refractivity contribution is -0.127. The molecule has 1 N–H and O–H groups in total. The summed E-state index contributed by atoms with van der Waals surface area (Å²) in [6.07, 6.45) is 7.03. The first-order chi connectivity index (χ1) is 12.2. The molecule has 2 aromatic rings. The Kier molecular flexibility index (Phi) is 6.11. The van der Waals surface area contributed by atoms with Crippen molar-refractivity contribution in [1.82, 2.24) is 25.0 Å². The number of aryl methyl sites for hydroxylation is 1. The maximum absolute atomic E-state index is 13.1. The molecule has 1 unspecified atom stereocenters. The summed E-state index contributed by atoms with van der Waals surface area (Å²) in [4.78, 5) is 18.7. The number of hydrogen-bond donors (Lipinski definition) is 1. The number of piperidine rings is 1. The van der Waals surface area contributed by atoms with Gasteiger partial charge in [0.25, 0.3) is 0 Å². The molecule has 1 saturated heterocycles. The minimum absolute atomic E-state index is 0.0837. The minimum Gasteiger partial charge on any atom is -0.355 e. The fraction of sp³-hybridized carbons (Fsp3) is 0.500. The Morgan fingerprint density at radius 3 is 2.88 bits per heavy atom. The van der Waals surface area contributed by atoms with Gasteiger partial charge in [-0.2, -0.15) is 5.10 Å². The fourth-order valence-corrected chi connectivity index (χ4v) is 3.22. The number of nitrogens with one attached hydrogen (secondary N) is 1. The van der Waals surface area contributed by atoms with Gasteiger partial charge in [-0.3, -0.25) is 14.4 Å². The van der Waals surface area contributed by atoms with Gasteiger partial charge in [0.1, 0.15) is 18.5 Å². The molecule has 1 aromatic carbocycles. The molecular weight excluding hydrogens is 321 g/mol. The molecule has 0 spiro atoms. The van der Waals surface area contributed by atoms with Crippen molar-refractivity contribution >= 4 is 5.91 Å². The number of carbonyl (C=O) groups is 1. The van der Waals surface area contributed by atoms with Gasteiger partial charge in [-0.25, -0.2) is 9.37 Å². The highest BCUT2D eigenvalue weighted by atomic mass is 19.1. The van der Waals surface area contributed by atoms with Gasteiger partial charge in [-0.05, 0) is 43.5 Å². The lowest BCUT2D eigenvalue weighted by Gasteiger charge is -2.34. The van der Waals surface area contributed by atoms with Gasteiger partial charge in [0.15, 0.2) is 0 Å².